The SMILES string of the molecule is CCCN(CC1CCCN1)c1nnc(C)c(C)c1C#N. The summed E-state index contributed by atoms with van der Waals surface area (Å²) < 4.78 is 0. The average Bonchev–Trinajstić information content (AvgIpc) is 2.94. The first-order chi connectivity index (χ1) is 9.67. The normalized spacial score (nSPS) is 18.0. The predicted molar refractivity (Wildman–Crippen MR) is 79.7 cm³/mol. The van der Waals surface area contributed by atoms with Crippen molar-refractivity contribution in [2.24, 2.45) is 0 Å². The van der Waals surface area contributed by atoms with Crippen LogP contribution in [-0.4, -0.2) is 35.9 Å². The second-order valence-electron chi connectivity index (χ2n) is 5.46. The molecule has 0 spiro atoms. The van der Waals surface area contributed by atoms with E-state index < -0.39 is 0 Å². The number of hydrogen-bond acceptors (Lipinski definition) is 5. The van der Waals surface area contributed by atoms with Crippen molar-refractivity contribution in [1.29, 1.82) is 5.26 Å². The second-order valence-corrected chi connectivity index (χ2v) is 5.46. The van der Waals surface area contributed by atoms with Crippen LogP contribution in [0.2, 0.25) is 0 Å². The minimum atomic E-state index is 0.497. The molecule has 1 fully saturated rings. The highest BCUT2D eigenvalue weighted by Gasteiger charge is 2.22. The summed E-state index contributed by atoms with van der Waals surface area (Å²) in [6.45, 7) is 8.90. The van der Waals surface area contributed by atoms with Crippen LogP contribution in [0.5, 0.6) is 0 Å². The van der Waals surface area contributed by atoms with Gasteiger partial charge in [0.15, 0.2) is 5.82 Å². The third-order valence-corrected chi connectivity index (χ3v) is 3.94. The Bertz CT molecular complexity index is 500. The van der Waals surface area contributed by atoms with Crippen molar-refractivity contribution in [2.75, 3.05) is 24.5 Å². The van der Waals surface area contributed by atoms with E-state index in [1.165, 1.54) is 12.8 Å². The molecule has 0 aliphatic carbocycles. The highest BCUT2D eigenvalue weighted by Crippen LogP contribution is 2.22. The lowest BCUT2D eigenvalue weighted by Gasteiger charge is -2.27. The summed E-state index contributed by atoms with van der Waals surface area (Å²) in [6, 6.07) is 2.80. The number of aromatic nitrogens is 2. The van der Waals surface area contributed by atoms with Gasteiger partial charge in [0.1, 0.15) is 11.6 Å². The minimum absolute atomic E-state index is 0.497. The van der Waals surface area contributed by atoms with E-state index in [4.69, 9.17) is 0 Å². The maximum absolute atomic E-state index is 9.44. The van der Waals surface area contributed by atoms with E-state index in [2.05, 4.69) is 33.4 Å². The smallest absolute Gasteiger partial charge is 0.169 e. The standard InChI is InChI=1S/C15H23N5/c1-4-8-20(10-13-6-5-7-17-13)15-14(9-16)11(2)12(3)18-19-15/h13,17H,4-8,10H2,1-3H3. The van der Waals surface area contributed by atoms with E-state index >= 15 is 0 Å². The molecule has 0 radical (unpaired) electrons. The molecule has 5 heteroatoms. The lowest BCUT2D eigenvalue weighted by Crippen LogP contribution is -2.39. The largest absolute Gasteiger partial charge is 0.352 e. The summed E-state index contributed by atoms with van der Waals surface area (Å²) in [5.74, 6) is 0.742. The highest BCUT2D eigenvalue weighted by molar-refractivity contribution is 5.57. The zero-order valence-corrected chi connectivity index (χ0v) is 12.6. The molecule has 1 aromatic heterocycles. The first-order valence-electron chi connectivity index (χ1n) is 7.39. The fraction of sp³-hybridized carbons (Fsp3) is 0.667. The molecule has 0 saturated carbocycles. The molecular formula is C15H23N5. The Hall–Kier alpha value is -1.67. The van der Waals surface area contributed by atoms with Gasteiger partial charge < -0.3 is 10.2 Å². The van der Waals surface area contributed by atoms with E-state index in [1.54, 1.807) is 0 Å². The third-order valence-electron chi connectivity index (χ3n) is 3.94. The number of anilines is 1. The van der Waals surface area contributed by atoms with Crippen LogP contribution in [0.25, 0.3) is 0 Å². The highest BCUT2D eigenvalue weighted by atomic mass is 15.3. The van der Waals surface area contributed by atoms with Crippen LogP contribution in [0.4, 0.5) is 5.82 Å². The third kappa shape index (κ3) is 3.07. The molecule has 2 heterocycles. The van der Waals surface area contributed by atoms with Gasteiger partial charge in [-0.15, -0.1) is 5.10 Å². The van der Waals surface area contributed by atoms with Gasteiger partial charge in [-0.25, -0.2) is 0 Å². The average molecular weight is 273 g/mol. The number of hydrogen-bond donors (Lipinski definition) is 1. The molecule has 20 heavy (non-hydrogen) atoms. The van der Waals surface area contributed by atoms with Crippen LogP contribution in [-0.2, 0) is 0 Å². The molecule has 0 amide bonds. The maximum atomic E-state index is 9.44. The fourth-order valence-corrected chi connectivity index (χ4v) is 2.68. The molecule has 1 aliphatic rings. The topological polar surface area (TPSA) is 64.8 Å². The molecule has 1 N–H and O–H groups in total. The molecular weight excluding hydrogens is 250 g/mol. The summed E-state index contributed by atoms with van der Waals surface area (Å²) in [6.07, 6.45) is 3.46. The molecule has 1 unspecified atom stereocenters. The van der Waals surface area contributed by atoms with Crippen LogP contribution < -0.4 is 10.2 Å². The number of nitrogens with one attached hydrogen (secondary N) is 1. The molecule has 0 aromatic carbocycles. The van der Waals surface area contributed by atoms with Gasteiger partial charge in [-0.1, -0.05) is 6.92 Å². The molecule has 1 atom stereocenters. The summed E-state index contributed by atoms with van der Waals surface area (Å²) in [5.41, 5.74) is 2.45. The Kier molecular flexibility index (Phi) is 4.91. The van der Waals surface area contributed by atoms with Crippen LogP contribution in [0.15, 0.2) is 0 Å². The number of aryl methyl sites for hydroxylation is 1. The van der Waals surface area contributed by atoms with Gasteiger partial charge in [0, 0.05) is 19.1 Å². The Balaban J connectivity index is 2.28. The Morgan fingerprint density at radius 2 is 2.20 bits per heavy atom. The van der Waals surface area contributed by atoms with Gasteiger partial charge in [-0.3, -0.25) is 0 Å². The van der Waals surface area contributed by atoms with Crippen molar-refractivity contribution in [3.05, 3.63) is 16.8 Å². The Morgan fingerprint density at radius 1 is 1.40 bits per heavy atom. The van der Waals surface area contributed by atoms with Crippen LogP contribution in [0.1, 0.15) is 43.0 Å². The molecule has 108 valence electrons. The van der Waals surface area contributed by atoms with Crippen molar-refractivity contribution in [1.82, 2.24) is 15.5 Å². The van der Waals surface area contributed by atoms with Crippen molar-refractivity contribution in [2.45, 2.75) is 46.1 Å². The van der Waals surface area contributed by atoms with E-state index in [1.807, 2.05) is 13.8 Å². The summed E-state index contributed by atoms with van der Waals surface area (Å²) in [5, 5.41) is 21.4. The predicted octanol–water partition coefficient (Wildman–Crippen LogP) is 1.93. The van der Waals surface area contributed by atoms with Crippen LogP contribution in [0, 0.1) is 25.2 Å². The monoisotopic (exact) mass is 273 g/mol. The van der Waals surface area contributed by atoms with Gasteiger partial charge in [-0.2, -0.15) is 10.4 Å². The molecule has 1 aromatic rings. The lowest BCUT2D eigenvalue weighted by molar-refractivity contribution is 0.573. The zero-order valence-electron chi connectivity index (χ0n) is 12.6. The first-order valence-corrected chi connectivity index (χ1v) is 7.39. The summed E-state index contributed by atoms with van der Waals surface area (Å²) in [7, 11) is 0. The van der Waals surface area contributed by atoms with Gasteiger partial charge in [0.05, 0.1) is 5.69 Å². The maximum Gasteiger partial charge on any atom is 0.169 e. The lowest BCUT2D eigenvalue weighted by atomic mass is 10.1. The van der Waals surface area contributed by atoms with Crippen molar-refractivity contribution in [3.8, 4) is 6.07 Å². The van der Waals surface area contributed by atoms with Gasteiger partial charge in [-0.05, 0) is 45.2 Å². The van der Waals surface area contributed by atoms with E-state index in [0.717, 1.165) is 43.1 Å². The fourth-order valence-electron chi connectivity index (χ4n) is 2.68. The molecule has 2 rings (SSSR count). The summed E-state index contributed by atoms with van der Waals surface area (Å²) >= 11 is 0. The van der Waals surface area contributed by atoms with Crippen LogP contribution >= 0.6 is 0 Å². The molecule has 5 nitrogen and oxygen atoms in total. The van der Waals surface area contributed by atoms with Crippen molar-refractivity contribution in [3.63, 3.8) is 0 Å². The zero-order chi connectivity index (χ0) is 14.5. The number of nitriles is 1. The second kappa shape index (κ2) is 6.67. The van der Waals surface area contributed by atoms with Gasteiger partial charge in [0.2, 0.25) is 0 Å². The van der Waals surface area contributed by atoms with E-state index in [0.29, 0.717) is 11.6 Å². The van der Waals surface area contributed by atoms with Gasteiger partial charge >= 0.3 is 0 Å². The minimum Gasteiger partial charge on any atom is -0.352 e. The molecule has 0 bridgehead atoms. The summed E-state index contributed by atoms with van der Waals surface area (Å²) in [4.78, 5) is 2.21. The first kappa shape index (κ1) is 14.7. The van der Waals surface area contributed by atoms with E-state index in [-0.39, 0.29) is 0 Å². The van der Waals surface area contributed by atoms with Crippen molar-refractivity contribution < 1.29 is 0 Å². The van der Waals surface area contributed by atoms with Gasteiger partial charge in [0.25, 0.3) is 0 Å². The Morgan fingerprint density at radius 3 is 2.80 bits per heavy atom. The number of rotatable bonds is 5. The van der Waals surface area contributed by atoms with Crippen molar-refractivity contribution >= 4 is 5.82 Å². The Labute approximate surface area is 121 Å². The van der Waals surface area contributed by atoms with Crippen LogP contribution in [0.3, 0.4) is 0 Å². The molecule has 1 aliphatic heterocycles. The quantitative estimate of drug-likeness (QED) is 0.888. The molecule has 1 saturated heterocycles. The van der Waals surface area contributed by atoms with E-state index in [9.17, 15) is 5.26 Å². The number of nitrogens with zero attached hydrogens (tertiary/aromatic N) is 4.